The Hall–Kier alpha value is -1.60. The molecular weight excluding hydrogens is 342 g/mol. The van der Waals surface area contributed by atoms with Gasteiger partial charge in [-0.3, -0.25) is 9.69 Å². The number of amides is 1. The van der Waals surface area contributed by atoms with E-state index in [9.17, 15) is 18.0 Å². The Labute approximate surface area is 140 Å². The second-order valence-electron chi connectivity index (χ2n) is 5.40. The maximum Gasteiger partial charge on any atom is 0.410 e. The first-order valence-corrected chi connectivity index (χ1v) is 9.52. The summed E-state index contributed by atoms with van der Waals surface area (Å²) in [6.07, 6.45) is -0.396. The van der Waals surface area contributed by atoms with Gasteiger partial charge in [-0.1, -0.05) is 30.3 Å². The van der Waals surface area contributed by atoms with Crippen molar-refractivity contribution in [3.05, 3.63) is 35.9 Å². The molecule has 0 aliphatic carbocycles. The fourth-order valence-electron chi connectivity index (χ4n) is 2.40. The summed E-state index contributed by atoms with van der Waals surface area (Å²) in [6.45, 7) is -0.179. The molecule has 1 amide bonds. The van der Waals surface area contributed by atoms with Crippen LogP contribution in [0.3, 0.4) is 0 Å². The summed E-state index contributed by atoms with van der Waals surface area (Å²) < 4.78 is 28.4. The summed E-state index contributed by atoms with van der Waals surface area (Å²) in [5, 5.41) is 0. The van der Waals surface area contributed by atoms with Crippen LogP contribution in [-0.2, 0) is 26.0 Å². The number of hydrogen-bond acceptors (Lipinski definition) is 5. The van der Waals surface area contributed by atoms with Gasteiger partial charge < -0.3 is 4.74 Å². The molecule has 2 rings (SSSR count). The normalized spacial score (nSPS) is 19.3. The number of carbonyl (C=O) groups excluding carboxylic acids is 2. The van der Waals surface area contributed by atoms with E-state index in [0.717, 1.165) is 5.56 Å². The Morgan fingerprint density at radius 2 is 1.96 bits per heavy atom. The van der Waals surface area contributed by atoms with Crippen LogP contribution in [0, 0.1) is 0 Å². The topological polar surface area (TPSA) is 80.8 Å². The largest absolute Gasteiger partial charge is 0.445 e. The third-order valence-electron chi connectivity index (χ3n) is 3.58. The molecule has 126 valence electrons. The SMILES string of the molecule is O=C(CCl)CN(C(=O)OCc1ccccc1)C1CCS(=O)(=O)C1. The van der Waals surface area contributed by atoms with Gasteiger partial charge in [-0.25, -0.2) is 13.2 Å². The number of nitrogens with zero attached hydrogens (tertiary/aromatic N) is 1. The molecule has 1 heterocycles. The lowest BCUT2D eigenvalue weighted by molar-refractivity contribution is -0.118. The number of ketones is 1. The predicted molar refractivity (Wildman–Crippen MR) is 86.1 cm³/mol. The van der Waals surface area contributed by atoms with Crippen molar-refractivity contribution in [1.82, 2.24) is 4.90 Å². The highest BCUT2D eigenvalue weighted by Gasteiger charge is 2.36. The molecule has 8 heteroatoms. The molecule has 0 saturated carbocycles. The second kappa shape index (κ2) is 7.79. The van der Waals surface area contributed by atoms with Crippen LogP contribution in [0.15, 0.2) is 30.3 Å². The van der Waals surface area contributed by atoms with Crippen LogP contribution < -0.4 is 0 Å². The molecule has 23 heavy (non-hydrogen) atoms. The van der Waals surface area contributed by atoms with Gasteiger partial charge in [-0.2, -0.15) is 0 Å². The third-order valence-corrected chi connectivity index (χ3v) is 5.63. The molecule has 1 saturated heterocycles. The molecule has 6 nitrogen and oxygen atoms in total. The van der Waals surface area contributed by atoms with Gasteiger partial charge in [0.2, 0.25) is 0 Å². The average Bonchev–Trinajstić information content (AvgIpc) is 2.90. The molecule has 0 N–H and O–H groups in total. The smallest absolute Gasteiger partial charge is 0.410 e. The summed E-state index contributed by atoms with van der Waals surface area (Å²) in [5.41, 5.74) is 0.809. The van der Waals surface area contributed by atoms with E-state index in [4.69, 9.17) is 16.3 Å². The summed E-state index contributed by atoms with van der Waals surface area (Å²) in [5.74, 6) is -0.729. The Morgan fingerprint density at radius 3 is 2.52 bits per heavy atom. The Bertz CT molecular complexity index is 662. The fraction of sp³-hybridized carbons (Fsp3) is 0.467. The average molecular weight is 360 g/mol. The minimum atomic E-state index is -3.18. The summed E-state index contributed by atoms with van der Waals surface area (Å²) in [7, 11) is -3.18. The van der Waals surface area contributed by atoms with E-state index in [1.54, 1.807) is 0 Å². The molecule has 1 aromatic carbocycles. The van der Waals surface area contributed by atoms with Crippen molar-refractivity contribution in [2.45, 2.75) is 19.1 Å². The van der Waals surface area contributed by atoms with Crippen molar-refractivity contribution in [2.75, 3.05) is 23.9 Å². The molecule has 0 spiro atoms. The number of alkyl halides is 1. The lowest BCUT2D eigenvalue weighted by Crippen LogP contribution is -2.44. The van der Waals surface area contributed by atoms with E-state index in [2.05, 4.69) is 0 Å². The van der Waals surface area contributed by atoms with Crippen molar-refractivity contribution < 1.29 is 22.7 Å². The third kappa shape index (κ3) is 5.21. The number of hydrogen-bond donors (Lipinski definition) is 0. The number of Topliss-reactive ketones (excluding diaryl/α,β-unsaturated/α-hetero) is 1. The molecule has 1 aromatic rings. The summed E-state index contributed by atoms with van der Waals surface area (Å²) in [6, 6.07) is 8.56. The molecule has 0 aromatic heterocycles. The van der Waals surface area contributed by atoms with Gasteiger partial charge in [0.05, 0.1) is 30.0 Å². The molecule has 0 bridgehead atoms. The van der Waals surface area contributed by atoms with Crippen LogP contribution in [0.25, 0.3) is 0 Å². The highest BCUT2D eigenvalue weighted by atomic mass is 35.5. The number of ether oxygens (including phenoxy) is 1. The molecule has 1 aliphatic heterocycles. The number of rotatable bonds is 6. The van der Waals surface area contributed by atoms with Crippen molar-refractivity contribution in [3.8, 4) is 0 Å². The van der Waals surface area contributed by atoms with Gasteiger partial charge in [0.1, 0.15) is 6.61 Å². The Balaban J connectivity index is 2.03. The van der Waals surface area contributed by atoms with Crippen molar-refractivity contribution in [3.63, 3.8) is 0 Å². The van der Waals surface area contributed by atoms with Crippen LogP contribution in [-0.4, -0.2) is 55.2 Å². The number of benzene rings is 1. The van der Waals surface area contributed by atoms with Crippen LogP contribution in [0.2, 0.25) is 0 Å². The monoisotopic (exact) mass is 359 g/mol. The summed E-state index contributed by atoms with van der Waals surface area (Å²) >= 11 is 5.49. The molecular formula is C15H18ClNO5S. The zero-order chi connectivity index (χ0) is 16.9. The van der Waals surface area contributed by atoms with Gasteiger partial charge in [0, 0.05) is 0 Å². The van der Waals surface area contributed by atoms with Crippen LogP contribution in [0.5, 0.6) is 0 Å². The maximum absolute atomic E-state index is 12.3. The predicted octanol–water partition coefficient (Wildman–Crippen LogP) is 1.62. The van der Waals surface area contributed by atoms with Crippen LogP contribution in [0.4, 0.5) is 4.79 Å². The van der Waals surface area contributed by atoms with Gasteiger partial charge in [0.15, 0.2) is 15.6 Å². The molecule has 1 aliphatic rings. The van der Waals surface area contributed by atoms with E-state index in [-0.39, 0.29) is 36.3 Å². The highest BCUT2D eigenvalue weighted by molar-refractivity contribution is 7.91. The molecule has 0 radical (unpaired) electrons. The molecule has 1 fully saturated rings. The van der Waals surface area contributed by atoms with E-state index in [1.807, 2.05) is 30.3 Å². The second-order valence-corrected chi connectivity index (χ2v) is 7.89. The van der Waals surface area contributed by atoms with Gasteiger partial charge in [-0.15, -0.1) is 11.6 Å². The Morgan fingerprint density at radius 1 is 1.26 bits per heavy atom. The Kier molecular flexibility index (Phi) is 6.01. The zero-order valence-electron chi connectivity index (χ0n) is 12.5. The van der Waals surface area contributed by atoms with Crippen LogP contribution >= 0.6 is 11.6 Å². The number of sulfone groups is 1. The van der Waals surface area contributed by atoms with E-state index in [0.29, 0.717) is 6.42 Å². The van der Waals surface area contributed by atoms with Gasteiger partial charge in [0.25, 0.3) is 0 Å². The van der Waals surface area contributed by atoms with Gasteiger partial charge in [-0.05, 0) is 12.0 Å². The molecule has 1 unspecified atom stereocenters. The lowest BCUT2D eigenvalue weighted by atomic mass is 10.2. The zero-order valence-corrected chi connectivity index (χ0v) is 14.1. The van der Waals surface area contributed by atoms with Gasteiger partial charge >= 0.3 is 6.09 Å². The van der Waals surface area contributed by atoms with E-state index in [1.165, 1.54) is 4.90 Å². The quantitative estimate of drug-likeness (QED) is 0.721. The minimum Gasteiger partial charge on any atom is -0.445 e. The van der Waals surface area contributed by atoms with E-state index < -0.39 is 22.0 Å². The number of carbonyl (C=O) groups is 2. The fourth-order valence-corrected chi connectivity index (χ4v) is 4.21. The number of halogens is 1. The van der Waals surface area contributed by atoms with Crippen molar-refractivity contribution >= 4 is 33.3 Å². The minimum absolute atomic E-state index is 0.00912. The van der Waals surface area contributed by atoms with Crippen molar-refractivity contribution in [1.29, 1.82) is 0 Å². The van der Waals surface area contributed by atoms with Crippen LogP contribution in [0.1, 0.15) is 12.0 Å². The maximum atomic E-state index is 12.3. The summed E-state index contributed by atoms with van der Waals surface area (Å²) in [4.78, 5) is 25.0. The molecule has 1 atom stereocenters. The first-order chi connectivity index (χ1) is 10.9. The van der Waals surface area contributed by atoms with E-state index >= 15 is 0 Å². The van der Waals surface area contributed by atoms with Crippen molar-refractivity contribution in [2.24, 2.45) is 0 Å². The first kappa shape index (κ1) is 17.7. The standard InChI is InChI=1S/C15H18ClNO5S/c16-8-14(18)9-17(13-6-7-23(20,21)11-13)15(19)22-10-12-4-2-1-3-5-12/h1-5,13H,6-11H2. The highest BCUT2D eigenvalue weighted by Crippen LogP contribution is 2.19. The first-order valence-electron chi connectivity index (χ1n) is 7.16. The lowest BCUT2D eigenvalue weighted by Gasteiger charge is -2.26.